The SMILES string of the molecule is O=C(Cn1cccn1)NC[C@H](Cc1ccc2ccccc2c1)C(=O)O. The van der Waals surface area contributed by atoms with Crippen molar-refractivity contribution < 1.29 is 14.7 Å². The Morgan fingerprint density at radius 3 is 2.64 bits per heavy atom. The molecule has 3 aromatic rings. The summed E-state index contributed by atoms with van der Waals surface area (Å²) in [7, 11) is 0. The molecule has 0 fully saturated rings. The Morgan fingerprint density at radius 2 is 1.92 bits per heavy atom. The van der Waals surface area contributed by atoms with E-state index in [9.17, 15) is 14.7 Å². The van der Waals surface area contributed by atoms with Crippen molar-refractivity contribution in [3.8, 4) is 0 Å². The molecule has 6 heteroatoms. The summed E-state index contributed by atoms with van der Waals surface area (Å²) in [5.74, 6) is -1.86. The normalized spacial score (nSPS) is 12.0. The Hall–Kier alpha value is -3.15. The van der Waals surface area contributed by atoms with Crippen LogP contribution in [-0.4, -0.2) is 33.3 Å². The van der Waals surface area contributed by atoms with Crippen LogP contribution in [0, 0.1) is 5.92 Å². The molecule has 1 atom stereocenters. The summed E-state index contributed by atoms with van der Waals surface area (Å²) in [6, 6.07) is 15.6. The fraction of sp³-hybridized carbons (Fsp3) is 0.211. The van der Waals surface area contributed by atoms with E-state index >= 15 is 0 Å². The quantitative estimate of drug-likeness (QED) is 0.691. The van der Waals surface area contributed by atoms with E-state index in [1.54, 1.807) is 18.5 Å². The van der Waals surface area contributed by atoms with Crippen LogP contribution in [0.2, 0.25) is 0 Å². The number of rotatable bonds is 7. The van der Waals surface area contributed by atoms with E-state index in [0.717, 1.165) is 16.3 Å². The molecule has 1 aromatic heterocycles. The van der Waals surface area contributed by atoms with Gasteiger partial charge in [-0.25, -0.2) is 0 Å². The fourth-order valence-electron chi connectivity index (χ4n) is 2.73. The Balaban J connectivity index is 1.62. The highest BCUT2D eigenvalue weighted by atomic mass is 16.4. The smallest absolute Gasteiger partial charge is 0.308 e. The molecule has 0 unspecified atom stereocenters. The maximum atomic E-state index is 11.9. The van der Waals surface area contributed by atoms with Crippen molar-refractivity contribution in [3.05, 3.63) is 66.5 Å². The van der Waals surface area contributed by atoms with Crippen LogP contribution in [0.1, 0.15) is 5.56 Å². The van der Waals surface area contributed by atoms with Crippen LogP contribution in [0.15, 0.2) is 60.9 Å². The van der Waals surface area contributed by atoms with Gasteiger partial charge in [0.2, 0.25) is 5.91 Å². The van der Waals surface area contributed by atoms with E-state index in [1.165, 1.54) is 4.68 Å². The molecule has 0 spiro atoms. The zero-order chi connectivity index (χ0) is 17.6. The molecule has 0 aliphatic carbocycles. The number of carboxylic acids is 1. The Labute approximate surface area is 145 Å². The van der Waals surface area contributed by atoms with Gasteiger partial charge in [0.25, 0.3) is 0 Å². The van der Waals surface area contributed by atoms with Gasteiger partial charge in [0.05, 0.1) is 5.92 Å². The Bertz CT molecular complexity index is 875. The van der Waals surface area contributed by atoms with Crippen molar-refractivity contribution in [3.63, 3.8) is 0 Å². The molecular weight excluding hydrogens is 318 g/mol. The number of hydrogen-bond donors (Lipinski definition) is 2. The highest BCUT2D eigenvalue weighted by Crippen LogP contribution is 2.18. The van der Waals surface area contributed by atoms with Crippen molar-refractivity contribution in [1.82, 2.24) is 15.1 Å². The molecular formula is C19H19N3O3. The van der Waals surface area contributed by atoms with E-state index in [-0.39, 0.29) is 19.0 Å². The van der Waals surface area contributed by atoms with Crippen LogP contribution in [0.5, 0.6) is 0 Å². The predicted molar refractivity (Wildman–Crippen MR) is 94.0 cm³/mol. The molecule has 1 heterocycles. The van der Waals surface area contributed by atoms with Gasteiger partial charge in [-0.15, -0.1) is 0 Å². The van der Waals surface area contributed by atoms with E-state index in [2.05, 4.69) is 10.4 Å². The molecule has 3 rings (SSSR count). The lowest BCUT2D eigenvalue weighted by Crippen LogP contribution is -2.36. The van der Waals surface area contributed by atoms with Gasteiger partial charge in [-0.05, 0) is 28.8 Å². The van der Waals surface area contributed by atoms with Crippen molar-refractivity contribution in [1.29, 1.82) is 0 Å². The third-order valence-corrected chi connectivity index (χ3v) is 4.06. The minimum atomic E-state index is -0.924. The van der Waals surface area contributed by atoms with Crippen molar-refractivity contribution >= 4 is 22.6 Å². The number of nitrogens with one attached hydrogen (secondary N) is 1. The first-order chi connectivity index (χ1) is 12.1. The first-order valence-electron chi connectivity index (χ1n) is 8.06. The average molecular weight is 337 g/mol. The van der Waals surface area contributed by atoms with Gasteiger partial charge >= 0.3 is 5.97 Å². The van der Waals surface area contributed by atoms with Gasteiger partial charge in [-0.2, -0.15) is 5.10 Å². The summed E-state index contributed by atoms with van der Waals surface area (Å²) in [6.45, 7) is 0.164. The number of hydrogen-bond acceptors (Lipinski definition) is 3. The number of amides is 1. The minimum absolute atomic E-state index is 0.0787. The standard InChI is InChI=1S/C19H19N3O3/c23-18(13-22-9-3-8-21-22)20-12-17(19(24)25)11-14-6-7-15-4-1-2-5-16(15)10-14/h1-10,17H,11-13H2,(H,20,23)(H,24,25)/t17-/m0/s1. The third kappa shape index (κ3) is 4.44. The van der Waals surface area contributed by atoms with Crippen molar-refractivity contribution in [2.45, 2.75) is 13.0 Å². The number of carbonyl (C=O) groups is 2. The predicted octanol–water partition coefficient (Wildman–Crippen LogP) is 2.10. The van der Waals surface area contributed by atoms with Crippen molar-refractivity contribution in [2.75, 3.05) is 6.54 Å². The van der Waals surface area contributed by atoms with Crippen molar-refractivity contribution in [2.24, 2.45) is 5.92 Å². The van der Waals surface area contributed by atoms with Crippen LogP contribution >= 0.6 is 0 Å². The molecule has 2 aromatic carbocycles. The van der Waals surface area contributed by atoms with Gasteiger partial charge in [-0.3, -0.25) is 14.3 Å². The van der Waals surface area contributed by atoms with Crippen LogP contribution in [-0.2, 0) is 22.6 Å². The number of fused-ring (bicyclic) bond motifs is 1. The number of carboxylic acid groups (broad SMARTS) is 1. The summed E-state index contributed by atoms with van der Waals surface area (Å²) in [6.07, 6.45) is 3.64. The number of carbonyl (C=O) groups excluding carboxylic acids is 1. The van der Waals surface area contributed by atoms with Crippen LogP contribution in [0.4, 0.5) is 0 Å². The third-order valence-electron chi connectivity index (χ3n) is 4.06. The summed E-state index contributed by atoms with van der Waals surface area (Å²) in [4.78, 5) is 23.4. The second-order valence-electron chi connectivity index (χ2n) is 5.93. The number of benzene rings is 2. The summed E-state index contributed by atoms with van der Waals surface area (Å²) >= 11 is 0. The average Bonchev–Trinajstić information content (AvgIpc) is 3.11. The molecule has 128 valence electrons. The van der Waals surface area contributed by atoms with E-state index in [4.69, 9.17) is 0 Å². The van der Waals surface area contributed by atoms with E-state index < -0.39 is 11.9 Å². The molecule has 2 N–H and O–H groups in total. The zero-order valence-electron chi connectivity index (χ0n) is 13.6. The maximum absolute atomic E-state index is 11.9. The molecule has 25 heavy (non-hydrogen) atoms. The lowest BCUT2D eigenvalue weighted by atomic mass is 9.97. The number of aliphatic carboxylic acids is 1. The molecule has 0 saturated carbocycles. The van der Waals surface area contributed by atoms with Crippen LogP contribution in [0.3, 0.4) is 0 Å². The molecule has 1 amide bonds. The lowest BCUT2D eigenvalue weighted by Gasteiger charge is -2.14. The summed E-state index contributed by atoms with van der Waals surface area (Å²) in [5.41, 5.74) is 0.937. The van der Waals surface area contributed by atoms with Gasteiger partial charge < -0.3 is 10.4 Å². The highest BCUT2D eigenvalue weighted by Gasteiger charge is 2.19. The molecule has 0 bridgehead atoms. The minimum Gasteiger partial charge on any atom is -0.481 e. The maximum Gasteiger partial charge on any atom is 0.308 e. The largest absolute Gasteiger partial charge is 0.481 e. The van der Waals surface area contributed by atoms with Gasteiger partial charge in [-0.1, -0.05) is 42.5 Å². The highest BCUT2D eigenvalue weighted by molar-refractivity contribution is 5.83. The van der Waals surface area contributed by atoms with Crippen LogP contribution in [0.25, 0.3) is 10.8 Å². The molecule has 0 aliphatic heterocycles. The monoisotopic (exact) mass is 337 g/mol. The van der Waals surface area contributed by atoms with Gasteiger partial charge in [0.15, 0.2) is 0 Å². The molecule has 0 saturated heterocycles. The van der Waals surface area contributed by atoms with Gasteiger partial charge in [0, 0.05) is 18.9 Å². The zero-order valence-corrected chi connectivity index (χ0v) is 13.6. The first kappa shape index (κ1) is 16.7. The molecule has 6 nitrogen and oxygen atoms in total. The molecule has 0 radical (unpaired) electrons. The first-order valence-corrected chi connectivity index (χ1v) is 8.06. The second kappa shape index (κ2) is 7.61. The molecule has 0 aliphatic rings. The van der Waals surface area contributed by atoms with E-state index in [0.29, 0.717) is 6.42 Å². The lowest BCUT2D eigenvalue weighted by molar-refractivity contribution is -0.141. The fourth-order valence-corrected chi connectivity index (χ4v) is 2.73. The number of nitrogens with zero attached hydrogens (tertiary/aromatic N) is 2. The Morgan fingerprint density at radius 1 is 1.12 bits per heavy atom. The van der Waals surface area contributed by atoms with Gasteiger partial charge in [0.1, 0.15) is 6.54 Å². The van der Waals surface area contributed by atoms with Crippen LogP contribution < -0.4 is 5.32 Å². The Kier molecular flexibility index (Phi) is 5.09. The van der Waals surface area contributed by atoms with E-state index in [1.807, 2.05) is 42.5 Å². The summed E-state index contributed by atoms with van der Waals surface area (Å²) in [5, 5.41) is 18.3. The second-order valence-corrected chi connectivity index (χ2v) is 5.93. The summed E-state index contributed by atoms with van der Waals surface area (Å²) < 4.78 is 1.49. The topological polar surface area (TPSA) is 84.2 Å². The number of aromatic nitrogens is 2.